The van der Waals surface area contributed by atoms with Crippen LogP contribution in [0.4, 0.5) is 8.78 Å². The first-order valence-corrected chi connectivity index (χ1v) is 6.07. The van der Waals surface area contributed by atoms with E-state index in [0.717, 1.165) is 0 Å². The van der Waals surface area contributed by atoms with E-state index >= 15 is 0 Å². The molecular weight excluding hydrogens is 308 g/mol. The third kappa shape index (κ3) is 1.92. The lowest BCUT2D eigenvalue weighted by atomic mass is 10.1. The predicted octanol–water partition coefficient (Wildman–Crippen LogP) is 2.29. The summed E-state index contributed by atoms with van der Waals surface area (Å²) in [5.41, 5.74) is -2.83. The van der Waals surface area contributed by atoms with Gasteiger partial charge in [-0.25, -0.2) is 13.0 Å². The molecule has 0 amide bonds. The summed E-state index contributed by atoms with van der Waals surface area (Å²) in [6.07, 6.45) is 0. The van der Waals surface area contributed by atoms with Gasteiger partial charge in [-0.3, -0.25) is 0 Å². The zero-order valence-electron chi connectivity index (χ0n) is 6.11. The highest BCUT2D eigenvalue weighted by atomic mass is 35.5. The Morgan fingerprint density at radius 2 is 1.43 bits per heavy atom. The Kier molecular flexibility index (Phi) is 2.98. The Labute approximate surface area is 98.3 Å². The minimum atomic E-state index is -4.07. The second kappa shape index (κ2) is 3.21. The maximum absolute atomic E-state index is 13.1. The number of alkyl halides is 6. The van der Waals surface area contributed by atoms with Crippen molar-refractivity contribution in [1.29, 1.82) is 0 Å². The predicted molar refractivity (Wildman–Crippen MR) is 48.7 cm³/mol. The average molecular weight is 310 g/mol. The molecule has 0 unspecified atom stereocenters. The molecule has 0 aromatic carbocycles. The van der Waals surface area contributed by atoms with Crippen LogP contribution in [0.25, 0.3) is 0 Å². The lowest BCUT2D eigenvalue weighted by Gasteiger charge is -2.46. The zero-order chi connectivity index (χ0) is 11.4. The normalized spacial score (nSPS) is 25.6. The van der Waals surface area contributed by atoms with Gasteiger partial charge in [0.05, 0.1) is 0 Å². The minimum absolute atomic E-state index is 1.15. The molecule has 0 aliphatic carbocycles. The van der Waals surface area contributed by atoms with E-state index in [1.165, 1.54) is 0 Å². The average Bonchev–Trinajstić information content (AvgIpc) is 1.75. The third-order valence-electron chi connectivity index (χ3n) is 1.57. The molecule has 1 aliphatic heterocycles. The lowest BCUT2D eigenvalue weighted by molar-refractivity contribution is -0.0569. The highest BCUT2D eigenvalue weighted by molar-refractivity contribution is 7.88. The van der Waals surface area contributed by atoms with Crippen molar-refractivity contribution in [3.8, 4) is 0 Å². The monoisotopic (exact) mass is 308 g/mol. The Morgan fingerprint density at radius 3 is 1.50 bits per heavy atom. The van der Waals surface area contributed by atoms with E-state index in [1.54, 1.807) is 0 Å². The maximum atomic E-state index is 13.1. The molecule has 10 heteroatoms. The van der Waals surface area contributed by atoms with Gasteiger partial charge in [0.1, 0.15) is 5.75 Å². The number of hydrogen-bond donors (Lipinski definition) is 0. The van der Waals surface area contributed by atoms with Gasteiger partial charge in [-0.1, -0.05) is 46.4 Å². The van der Waals surface area contributed by atoms with Crippen molar-refractivity contribution in [3.05, 3.63) is 0 Å². The summed E-state index contributed by atoms with van der Waals surface area (Å²) in [4.78, 5) is 0. The van der Waals surface area contributed by atoms with Crippen LogP contribution in [-0.2, 0) is 14.3 Å². The van der Waals surface area contributed by atoms with Gasteiger partial charge >= 0.3 is 0 Å². The Morgan fingerprint density at radius 1 is 1.14 bits per heavy atom. The molecular formula is C4H2Cl4F2O3S. The van der Waals surface area contributed by atoms with E-state index in [0.29, 0.717) is 0 Å². The number of halogens is 6. The highest BCUT2D eigenvalue weighted by Gasteiger charge is 2.75. The van der Waals surface area contributed by atoms with E-state index in [-0.39, 0.29) is 0 Å². The van der Waals surface area contributed by atoms with Gasteiger partial charge in [-0.05, 0) is 0 Å². The van der Waals surface area contributed by atoms with Crippen molar-refractivity contribution in [3.63, 3.8) is 0 Å². The SMILES string of the molecule is O=S1(=O)CC(C(F)(Cl)Cl)(C(F)(Cl)Cl)O1. The molecule has 0 radical (unpaired) electrons. The van der Waals surface area contributed by atoms with Crippen molar-refractivity contribution >= 4 is 56.5 Å². The van der Waals surface area contributed by atoms with Crippen LogP contribution < -0.4 is 0 Å². The molecule has 0 aromatic heterocycles. The van der Waals surface area contributed by atoms with E-state index in [4.69, 9.17) is 46.4 Å². The van der Waals surface area contributed by atoms with E-state index in [9.17, 15) is 17.2 Å². The Hall–Kier alpha value is 0.930. The molecule has 0 bridgehead atoms. The van der Waals surface area contributed by atoms with E-state index in [1.807, 2.05) is 0 Å². The fraction of sp³-hybridized carbons (Fsp3) is 1.00. The molecule has 84 valence electrons. The molecule has 1 heterocycles. The molecule has 1 rings (SSSR count). The Balaban J connectivity index is 3.11. The van der Waals surface area contributed by atoms with Crippen LogP contribution in [0.15, 0.2) is 0 Å². The van der Waals surface area contributed by atoms with Crippen LogP contribution in [-0.4, -0.2) is 28.9 Å². The lowest BCUT2D eigenvalue weighted by Crippen LogP contribution is -2.68. The topological polar surface area (TPSA) is 43.4 Å². The van der Waals surface area contributed by atoms with Crippen LogP contribution in [0, 0.1) is 0 Å². The van der Waals surface area contributed by atoms with Gasteiger partial charge in [0.25, 0.3) is 19.3 Å². The second-order valence-electron chi connectivity index (χ2n) is 2.61. The summed E-state index contributed by atoms with van der Waals surface area (Å²) in [6.45, 7) is 0. The summed E-state index contributed by atoms with van der Waals surface area (Å²) in [5, 5.41) is 0. The first-order chi connectivity index (χ1) is 5.91. The van der Waals surface area contributed by atoms with Gasteiger partial charge in [0.15, 0.2) is 0 Å². The van der Waals surface area contributed by atoms with Crippen molar-refractivity contribution in [2.45, 2.75) is 14.8 Å². The molecule has 0 N–H and O–H groups in total. The van der Waals surface area contributed by atoms with Crippen LogP contribution in [0.1, 0.15) is 0 Å². The summed E-state index contributed by atoms with van der Waals surface area (Å²) >= 11 is 19.6. The summed E-state index contributed by atoms with van der Waals surface area (Å²) in [7, 11) is -4.07. The fourth-order valence-corrected chi connectivity index (χ4v) is 4.06. The third-order valence-corrected chi connectivity index (χ3v) is 4.08. The standard InChI is InChI=1S/C4H2Cl4F2O3S/c5-3(6,9)2(4(7,8)10)1-14(11,12)13-2/h1H2. The van der Waals surface area contributed by atoms with Gasteiger partial charge in [-0.15, -0.1) is 0 Å². The smallest absolute Gasteiger partial charge is 0.250 e. The minimum Gasteiger partial charge on any atom is -0.250 e. The number of hydrogen-bond acceptors (Lipinski definition) is 3. The Bertz CT molecular complexity index is 315. The van der Waals surface area contributed by atoms with Crippen LogP contribution in [0.2, 0.25) is 0 Å². The largest absolute Gasteiger partial charge is 0.294 e. The van der Waals surface area contributed by atoms with Crippen molar-refractivity contribution in [1.82, 2.24) is 0 Å². The maximum Gasteiger partial charge on any atom is 0.294 e. The van der Waals surface area contributed by atoms with E-state index in [2.05, 4.69) is 4.18 Å². The van der Waals surface area contributed by atoms with Gasteiger partial charge < -0.3 is 0 Å². The van der Waals surface area contributed by atoms with Crippen LogP contribution >= 0.6 is 46.4 Å². The molecule has 0 saturated carbocycles. The van der Waals surface area contributed by atoms with Gasteiger partial charge in [0, 0.05) is 0 Å². The molecule has 0 aromatic rings. The van der Waals surface area contributed by atoms with Crippen molar-refractivity contribution in [2.24, 2.45) is 0 Å². The molecule has 1 aliphatic rings. The quantitative estimate of drug-likeness (QED) is 0.580. The summed E-state index contributed by atoms with van der Waals surface area (Å²) in [6, 6.07) is 0. The zero-order valence-corrected chi connectivity index (χ0v) is 9.95. The molecule has 14 heavy (non-hydrogen) atoms. The molecule has 3 nitrogen and oxygen atoms in total. The first-order valence-electron chi connectivity index (χ1n) is 2.98. The van der Waals surface area contributed by atoms with Gasteiger partial charge in [-0.2, -0.15) is 8.42 Å². The fourth-order valence-electron chi connectivity index (χ4n) is 0.878. The summed E-state index contributed by atoms with van der Waals surface area (Å²) in [5.74, 6) is -1.15. The van der Waals surface area contributed by atoms with Crippen LogP contribution in [0.3, 0.4) is 0 Å². The van der Waals surface area contributed by atoms with E-state index < -0.39 is 30.6 Å². The highest BCUT2D eigenvalue weighted by Crippen LogP contribution is 2.56. The molecule has 1 fully saturated rings. The van der Waals surface area contributed by atoms with Crippen molar-refractivity contribution < 1.29 is 21.4 Å². The first kappa shape index (κ1) is 13.0. The number of rotatable bonds is 2. The summed E-state index contributed by atoms with van der Waals surface area (Å²) < 4.78 is 44.5. The van der Waals surface area contributed by atoms with Crippen molar-refractivity contribution in [2.75, 3.05) is 5.75 Å². The molecule has 1 saturated heterocycles. The van der Waals surface area contributed by atoms with Crippen LogP contribution in [0.5, 0.6) is 0 Å². The second-order valence-corrected chi connectivity index (χ2v) is 6.65. The molecule has 0 spiro atoms. The molecule has 0 atom stereocenters. The van der Waals surface area contributed by atoms with Gasteiger partial charge in [0.2, 0.25) is 5.60 Å².